The topological polar surface area (TPSA) is 86.4 Å². The van der Waals surface area contributed by atoms with Crippen molar-refractivity contribution in [3.63, 3.8) is 0 Å². The van der Waals surface area contributed by atoms with Gasteiger partial charge in [0.1, 0.15) is 6.10 Å². The number of likely N-dealkylation sites (tertiary alicyclic amines) is 1. The molecular weight excluding hydrogens is 456 g/mol. The summed E-state index contributed by atoms with van der Waals surface area (Å²) in [4.78, 5) is 17.5. The molecule has 1 saturated heterocycles. The first-order valence-corrected chi connectivity index (χ1v) is 13.2. The largest absolute Gasteiger partial charge is 0.504 e. The Labute approximate surface area is 212 Å². The van der Waals surface area contributed by atoms with Gasteiger partial charge >= 0.3 is 0 Å². The average Bonchev–Trinajstić information content (AvgIpc) is 3.37. The van der Waals surface area contributed by atoms with E-state index in [-0.39, 0.29) is 23.7 Å². The third-order valence-electron chi connectivity index (χ3n) is 9.36. The van der Waals surface area contributed by atoms with Gasteiger partial charge in [0, 0.05) is 36.8 Å². The quantitative estimate of drug-likeness (QED) is 0.573. The van der Waals surface area contributed by atoms with Crippen LogP contribution < -0.4 is 4.74 Å². The van der Waals surface area contributed by atoms with Gasteiger partial charge in [-0.2, -0.15) is 0 Å². The number of piperidine rings is 1. The molecule has 7 nitrogen and oxygen atoms in total. The molecule has 1 saturated carbocycles. The molecule has 4 aliphatic rings. The highest BCUT2D eigenvalue weighted by atomic mass is 16.5. The van der Waals surface area contributed by atoms with Crippen LogP contribution in [-0.2, 0) is 16.6 Å². The van der Waals surface area contributed by atoms with Crippen LogP contribution in [0.25, 0.3) is 6.08 Å². The number of carbonyl (C=O) groups excluding carboxylic acids is 1. The number of phenolic OH excluding ortho intramolecular Hbond substituents is 1. The number of fused-ring (bicyclic) bond motifs is 1. The molecular formula is C29H36N2O5. The number of rotatable bonds is 7. The number of hydrogen-bond donors (Lipinski definition) is 2. The van der Waals surface area contributed by atoms with Crippen LogP contribution >= 0.6 is 0 Å². The molecule has 1 spiro atoms. The van der Waals surface area contributed by atoms with Gasteiger partial charge in [-0.15, -0.1) is 0 Å². The molecule has 0 radical (unpaired) electrons. The molecule has 1 amide bonds. The number of nitrogens with zero attached hydrogens (tertiary/aromatic N) is 2. The van der Waals surface area contributed by atoms with Gasteiger partial charge in [0.2, 0.25) is 5.91 Å². The predicted octanol–water partition coefficient (Wildman–Crippen LogP) is 3.73. The number of likely N-dealkylation sites (N-methyl/N-ethyl adjacent to an activating group) is 1. The molecule has 5 atom stereocenters. The summed E-state index contributed by atoms with van der Waals surface area (Å²) in [6.07, 6.45) is 10.7. The maximum absolute atomic E-state index is 13.3. The van der Waals surface area contributed by atoms with E-state index in [1.807, 2.05) is 13.0 Å². The summed E-state index contributed by atoms with van der Waals surface area (Å²) in [5.74, 6) is 1.19. The summed E-state index contributed by atoms with van der Waals surface area (Å²) < 4.78 is 11.7. The Balaban J connectivity index is 1.39. The van der Waals surface area contributed by atoms with Crippen molar-refractivity contribution in [2.24, 2.45) is 5.92 Å². The fraction of sp³-hybridized carbons (Fsp3) is 0.552. The van der Waals surface area contributed by atoms with Gasteiger partial charge in [0.25, 0.3) is 0 Å². The standard InChI is InChI=1S/C29H36N2O5/c1-4-21(30(3)24(33)10-7-19-11-14-35-17-19)27-29-12-13-31(16-18-5-6-18)23(28(29,2)34)15-20-8-9-22(32)26(36-27)25(20)29/h7-11,14,17-18,21,23,27,32,34H,4-6,12-13,15-16H2,1-3H3/b10-7+/t21-,23-,27+,28-,29+/m1/s1. The second kappa shape index (κ2) is 8.38. The molecule has 6 rings (SSSR count). The van der Waals surface area contributed by atoms with Crippen LogP contribution in [0.1, 0.15) is 56.2 Å². The third-order valence-corrected chi connectivity index (χ3v) is 9.36. The minimum Gasteiger partial charge on any atom is -0.504 e. The van der Waals surface area contributed by atoms with Crippen molar-refractivity contribution >= 4 is 12.0 Å². The predicted molar refractivity (Wildman–Crippen MR) is 136 cm³/mol. The zero-order valence-corrected chi connectivity index (χ0v) is 21.3. The summed E-state index contributed by atoms with van der Waals surface area (Å²) in [6, 6.07) is 5.21. The van der Waals surface area contributed by atoms with E-state index in [4.69, 9.17) is 9.15 Å². The van der Waals surface area contributed by atoms with Crippen molar-refractivity contribution < 1.29 is 24.2 Å². The highest BCUT2D eigenvalue weighted by Gasteiger charge is 2.69. The smallest absolute Gasteiger partial charge is 0.246 e. The lowest BCUT2D eigenvalue weighted by atomic mass is 9.52. The minimum absolute atomic E-state index is 0.0274. The van der Waals surface area contributed by atoms with Gasteiger partial charge in [-0.3, -0.25) is 9.69 Å². The highest BCUT2D eigenvalue weighted by molar-refractivity contribution is 5.91. The van der Waals surface area contributed by atoms with Gasteiger partial charge in [-0.25, -0.2) is 0 Å². The van der Waals surface area contributed by atoms with Gasteiger partial charge < -0.3 is 24.3 Å². The molecule has 36 heavy (non-hydrogen) atoms. The zero-order chi connectivity index (χ0) is 25.2. The lowest BCUT2D eigenvalue weighted by molar-refractivity contribution is -0.166. The lowest BCUT2D eigenvalue weighted by Crippen LogP contribution is -2.74. The first kappa shape index (κ1) is 23.6. The fourth-order valence-corrected chi connectivity index (χ4v) is 7.25. The first-order valence-electron chi connectivity index (χ1n) is 13.2. The van der Waals surface area contributed by atoms with Crippen molar-refractivity contribution in [3.05, 3.63) is 53.5 Å². The number of aromatic hydroxyl groups is 1. The van der Waals surface area contributed by atoms with Crippen molar-refractivity contribution in [3.8, 4) is 11.5 Å². The van der Waals surface area contributed by atoms with Crippen molar-refractivity contribution in [1.29, 1.82) is 0 Å². The Morgan fingerprint density at radius 2 is 2.14 bits per heavy atom. The molecule has 1 aromatic carbocycles. The number of furan rings is 1. The van der Waals surface area contributed by atoms with E-state index in [1.165, 1.54) is 12.8 Å². The van der Waals surface area contributed by atoms with Crippen LogP contribution in [0.4, 0.5) is 0 Å². The number of aliphatic hydroxyl groups is 1. The van der Waals surface area contributed by atoms with E-state index in [2.05, 4.69) is 11.8 Å². The van der Waals surface area contributed by atoms with E-state index in [0.29, 0.717) is 12.2 Å². The van der Waals surface area contributed by atoms with Gasteiger partial charge in [-0.1, -0.05) is 13.0 Å². The summed E-state index contributed by atoms with van der Waals surface area (Å²) in [6.45, 7) is 5.91. The molecule has 3 heterocycles. The van der Waals surface area contributed by atoms with E-state index >= 15 is 0 Å². The average molecular weight is 493 g/mol. The summed E-state index contributed by atoms with van der Waals surface area (Å²) in [7, 11) is 1.80. The van der Waals surface area contributed by atoms with E-state index in [1.54, 1.807) is 48.8 Å². The maximum atomic E-state index is 13.3. The Hall–Kier alpha value is -2.77. The third kappa shape index (κ3) is 3.36. The molecule has 2 N–H and O–H groups in total. The Morgan fingerprint density at radius 1 is 1.33 bits per heavy atom. The Kier molecular flexibility index (Phi) is 5.50. The molecule has 0 unspecified atom stereocenters. The van der Waals surface area contributed by atoms with Crippen LogP contribution in [0.5, 0.6) is 11.5 Å². The monoisotopic (exact) mass is 492 g/mol. The van der Waals surface area contributed by atoms with Crippen molar-refractivity contribution in [1.82, 2.24) is 9.80 Å². The van der Waals surface area contributed by atoms with E-state index < -0.39 is 17.1 Å². The summed E-state index contributed by atoms with van der Waals surface area (Å²) >= 11 is 0. The Bertz CT molecular complexity index is 1180. The first-order chi connectivity index (χ1) is 17.3. The number of carbonyl (C=O) groups is 1. The molecule has 7 heteroatoms. The SMILES string of the molecule is CC[C@H]([C@@H]1Oc2c(O)ccc3c2[C@@]12CCN(CC1CC1)[C@H](C3)[C@@]2(C)O)N(C)C(=O)/C=C/c1ccoc1. The van der Waals surface area contributed by atoms with Gasteiger partial charge in [0.05, 0.1) is 29.6 Å². The number of benzene rings is 1. The molecule has 1 aromatic heterocycles. The second-order valence-electron chi connectivity index (χ2n) is 11.3. The molecule has 2 bridgehead atoms. The fourth-order valence-electron chi connectivity index (χ4n) is 7.25. The zero-order valence-electron chi connectivity index (χ0n) is 21.3. The van der Waals surface area contributed by atoms with Crippen LogP contribution in [0.2, 0.25) is 0 Å². The summed E-state index contributed by atoms with van der Waals surface area (Å²) in [5.41, 5.74) is 1.14. The number of ether oxygens (including phenoxy) is 1. The normalized spacial score (nSPS) is 31.8. The second-order valence-corrected chi connectivity index (χ2v) is 11.3. The number of amides is 1. The number of phenols is 1. The van der Waals surface area contributed by atoms with Gasteiger partial charge in [-0.05, 0) is 75.3 Å². The van der Waals surface area contributed by atoms with Crippen LogP contribution in [0, 0.1) is 5.92 Å². The highest BCUT2D eigenvalue weighted by Crippen LogP contribution is 2.62. The molecule has 2 fully saturated rings. The van der Waals surface area contributed by atoms with Crippen LogP contribution in [-0.4, -0.2) is 69.8 Å². The number of hydrogen-bond acceptors (Lipinski definition) is 6. The van der Waals surface area contributed by atoms with E-state index in [0.717, 1.165) is 48.5 Å². The van der Waals surface area contributed by atoms with Crippen molar-refractivity contribution in [2.75, 3.05) is 20.1 Å². The lowest BCUT2D eigenvalue weighted by Gasteiger charge is -2.61. The van der Waals surface area contributed by atoms with Crippen LogP contribution in [0.15, 0.2) is 41.2 Å². The molecule has 2 aromatic rings. The maximum Gasteiger partial charge on any atom is 0.246 e. The molecule has 2 aliphatic heterocycles. The van der Waals surface area contributed by atoms with Crippen LogP contribution in [0.3, 0.4) is 0 Å². The molecule has 192 valence electrons. The summed E-state index contributed by atoms with van der Waals surface area (Å²) in [5, 5.41) is 23.2. The molecule has 2 aliphatic carbocycles. The minimum atomic E-state index is -1.07. The van der Waals surface area contributed by atoms with Crippen molar-refractivity contribution in [2.45, 2.75) is 75.2 Å². The Morgan fingerprint density at radius 3 is 2.83 bits per heavy atom. The van der Waals surface area contributed by atoms with Gasteiger partial charge in [0.15, 0.2) is 11.5 Å². The van der Waals surface area contributed by atoms with E-state index in [9.17, 15) is 15.0 Å².